The summed E-state index contributed by atoms with van der Waals surface area (Å²) in [6.07, 6.45) is 3.14. The zero-order chi connectivity index (χ0) is 13.8. The van der Waals surface area contributed by atoms with Crippen molar-refractivity contribution in [3.63, 3.8) is 0 Å². The van der Waals surface area contributed by atoms with Gasteiger partial charge in [0.1, 0.15) is 6.10 Å². The second kappa shape index (κ2) is 5.85. The van der Waals surface area contributed by atoms with E-state index in [1.54, 1.807) is 10.9 Å². The number of morpholine rings is 1. The van der Waals surface area contributed by atoms with Gasteiger partial charge in [-0.15, -0.1) is 0 Å². The molecular formula is C14H16N4O2. The van der Waals surface area contributed by atoms with E-state index in [1.165, 1.54) is 0 Å². The number of hydrogen-bond donors (Lipinski definition) is 2. The first-order valence-electron chi connectivity index (χ1n) is 6.56. The number of benzene rings is 1. The van der Waals surface area contributed by atoms with Gasteiger partial charge in [-0.05, 0) is 24.3 Å². The quantitative estimate of drug-likeness (QED) is 0.867. The summed E-state index contributed by atoms with van der Waals surface area (Å²) in [5, 5.41) is 10.2. The highest BCUT2D eigenvalue weighted by molar-refractivity contribution is 5.94. The predicted octanol–water partition coefficient (Wildman–Crippen LogP) is 0.799. The fourth-order valence-corrected chi connectivity index (χ4v) is 2.10. The summed E-state index contributed by atoms with van der Waals surface area (Å²) in [5.41, 5.74) is 1.63. The van der Waals surface area contributed by atoms with Crippen molar-refractivity contribution in [2.75, 3.05) is 25.0 Å². The lowest BCUT2D eigenvalue weighted by atomic mass is 10.2. The van der Waals surface area contributed by atoms with E-state index in [0.29, 0.717) is 13.2 Å². The van der Waals surface area contributed by atoms with Gasteiger partial charge in [0.05, 0.1) is 12.3 Å². The van der Waals surface area contributed by atoms with E-state index in [0.717, 1.165) is 17.9 Å². The Morgan fingerprint density at radius 1 is 1.45 bits per heavy atom. The van der Waals surface area contributed by atoms with Crippen molar-refractivity contribution in [2.45, 2.75) is 6.10 Å². The van der Waals surface area contributed by atoms with Crippen molar-refractivity contribution in [3.05, 3.63) is 42.7 Å². The highest BCUT2D eigenvalue weighted by Crippen LogP contribution is 2.14. The van der Waals surface area contributed by atoms with Crippen LogP contribution in [0, 0.1) is 0 Å². The van der Waals surface area contributed by atoms with E-state index in [4.69, 9.17) is 4.74 Å². The molecule has 0 bridgehead atoms. The van der Waals surface area contributed by atoms with Gasteiger partial charge in [-0.2, -0.15) is 5.10 Å². The van der Waals surface area contributed by atoms with E-state index in [2.05, 4.69) is 15.7 Å². The van der Waals surface area contributed by atoms with Crippen LogP contribution in [0.4, 0.5) is 5.69 Å². The van der Waals surface area contributed by atoms with Gasteiger partial charge in [0.2, 0.25) is 0 Å². The molecule has 6 heteroatoms. The first kappa shape index (κ1) is 12.8. The summed E-state index contributed by atoms with van der Waals surface area (Å²) in [5.74, 6) is -0.130. The minimum Gasteiger partial charge on any atom is -0.366 e. The first-order valence-corrected chi connectivity index (χ1v) is 6.56. The van der Waals surface area contributed by atoms with Crippen LogP contribution in [0.5, 0.6) is 0 Å². The molecule has 1 fully saturated rings. The molecule has 0 saturated carbocycles. The monoisotopic (exact) mass is 272 g/mol. The Bertz CT molecular complexity index is 577. The number of ether oxygens (including phenoxy) is 1. The smallest absolute Gasteiger partial charge is 0.254 e. The average molecular weight is 272 g/mol. The molecule has 0 spiro atoms. The minimum atomic E-state index is -0.433. The molecule has 1 amide bonds. The number of nitrogens with one attached hydrogen (secondary N) is 2. The van der Waals surface area contributed by atoms with Gasteiger partial charge in [-0.25, -0.2) is 4.68 Å². The van der Waals surface area contributed by atoms with E-state index in [1.807, 2.05) is 36.5 Å². The van der Waals surface area contributed by atoms with Crippen molar-refractivity contribution >= 4 is 11.6 Å². The number of nitrogens with zero attached hydrogens (tertiary/aromatic N) is 2. The molecular weight excluding hydrogens is 256 g/mol. The number of carbonyl (C=O) groups excluding carboxylic acids is 1. The molecule has 3 rings (SSSR count). The second-order valence-electron chi connectivity index (χ2n) is 4.55. The van der Waals surface area contributed by atoms with Crippen molar-refractivity contribution < 1.29 is 9.53 Å². The third-order valence-corrected chi connectivity index (χ3v) is 3.10. The number of aromatic nitrogens is 2. The van der Waals surface area contributed by atoms with Gasteiger partial charge >= 0.3 is 0 Å². The van der Waals surface area contributed by atoms with E-state index < -0.39 is 6.10 Å². The molecule has 1 saturated heterocycles. The summed E-state index contributed by atoms with van der Waals surface area (Å²) in [6, 6.07) is 9.39. The van der Waals surface area contributed by atoms with Crippen LogP contribution in [-0.2, 0) is 9.53 Å². The third-order valence-electron chi connectivity index (χ3n) is 3.10. The van der Waals surface area contributed by atoms with Crippen molar-refractivity contribution in [1.29, 1.82) is 0 Å². The maximum atomic E-state index is 12.1. The summed E-state index contributed by atoms with van der Waals surface area (Å²) in [4.78, 5) is 12.1. The summed E-state index contributed by atoms with van der Waals surface area (Å²) < 4.78 is 7.17. The minimum absolute atomic E-state index is 0.130. The van der Waals surface area contributed by atoms with Gasteiger partial charge in [0.15, 0.2) is 0 Å². The highest BCUT2D eigenvalue weighted by atomic mass is 16.5. The second-order valence-corrected chi connectivity index (χ2v) is 4.55. The van der Waals surface area contributed by atoms with E-state index in [9.17, 15) is 4.79 Å². The largest absolute Gasteiger partial charge is 0.366 e. The highest BCUT2D eigenvalue weighted by Gasteiger charge is 2.21. The molecule has 2 N–H and O–H groups in total. The number of carbonyl (C=O) groups is 1. The van der Waals surface area contributed by atoms with Crippen molar-refractivity contribution in [3.8, 4) is 5.69 Å². The lowest BCUT2D eigenvalue weighted by molar-refractivity contribution is -0.128. The summed E-state index contributed by atoms with van der Waals surface area (Å²) >= 11 is 0. The Balaban J connectivity index is 1.71. The third kappa shape index (κ3) is 2.87. The molecule has 2 aromatic rings. The molecule has 1 aromatic heterocycles. The van der Waals surface area contributed by atoms with E-state index >= 15 is 0 Å². The number of amides is 1. The molecule has 1 aliphatic rings. The van der Waals surface area contributed by atoms with Crippen LogP contribution in [0.2, 0.25) is 0 Å². The van der Waals surface area contributed by atoms with E-state index in [-0.39, 0.29) is 5.91 Å². The zero-order valence-electron chi connectivity index (χ0n) is 11.0. The molecule has 1 unspecified atom stereocenters. The number of anilines is 1. The van der Waals surface area contributed by atoms with Crippen LogP contribution in [0.1, 0.15) is 0 Å². The van der Waals surface area contributed by atoms with Crippen molar-refractivity contribution in [2.24, 2.45) is 0 Å². The van der Waals surface area contributed by atoms with Crippen LogP contribution < -0.4 is 10.6 Å². The average Bonchev–Trinajstić information content (AvgIpc) is 3.03. The molecule has 0 aliphatic carbocycles. The van der Waals surface area contributed by atoms with Crippen LogP contribution in [0.25, 0.3) is 5.69 Å². The molecule has 6 nitrogen and oxygen atoms in total. The molecule has 20 heavy (non-hydrogen) atoms. The zero-order valence-corrected chi connectivity index (χ0v) is 11.0. The Morgan fingerprint density at radius 3 is 3.15 bits per heavy atom. The lowest BCUT2D eigenvalue weighted by Gasteiger charge is -2.22. The number of hydrogen-bond acceptors (Lipinski definition) is 4. The SMILES string of the molecule is O=C(Nc1cccc(-n2cccn2)c1)C1CNCCO1. The first-order chi connectivity index (χ1) is 9.83. The van der Waals surface area contributed by atoms with Crippen LogP contribution in [0.3, 0.4) is 0 Å². The van der Waals surface area contributed by atoms with Crippen molar-refractivity contribution in [1.82, 2.24) is 15.1 Å². The maximum Gasteiger partial charge on any atom is 0.254 e. The van der Waals surface area contributed by atoms with Gasteiger partial charge in [-0.1, -0.05) is 6.07 Å². The topological polar surface area (TPSA) is 68.2 Å². The van der Waals surface area contributed by atoms with Crippen LogP contribution >= 0.6 is 0 Å². The Hall–Kier alpha value is -2.18. The normalized spacial score (nSPS) is 18.7. The Morgan fingerprint density at radius 2 is 2.40 bits per heavy atom. The molecule has 104 valence electrons. The van der Waals surface area contributed by atoms with Gasteiger partial charge in [0, 0.05) is 31.2 Å². The Kier molecular flexibility index (Phi) is 3.76. The summed E-state index contributed by atoms with van der Waals surface area (Å²) in [6.45, 7) is 1.90. The summed E-state index contributed by atoms with van der Waals surface area (Å²) in [7, 11) is 0. The fourth-order valence-electron chi connectivity index (χ4n) is 2.10. The van der Waals surface area contributed by atoms with Crippen LogP contribution in [0.15, 0.2) is 42.7 Å². The molecule has 1 aromatic carbocycles. The van der Waals surface area contributed by atoms with Gasteiger partial charge in [-0.3, -0.25) is 4.79 Å². The van der Waals surface area contributed by atoms with Gasteiger partial charge < -0.3 is 15.4 Å². The maximum absolute atomic E-state index is 12.1. The molecule has 1 aliphatic heterocycles. The Labute approximate surface area is 116 Å². The standard InChI is InChI=1S/C14H16N4O2/c19-14(13-10-15-6-8-20-13)17-11-3-1-4-12(9-11)18-7-2-5-16-18/h1-5,7,9,13,15H,6,8,10H2,(H,17,19). The predicted molar refractivity (Wildman–Crippen MR) is 74.8 cm³/mol. The number of rotatable bonds is 3. The van der Waals surface area contributed by atoms with Gasteiger partial charge in [0.25, 0.3) is 5.91 Å². The molecule has 1 atom stereocenters. The molecule has 0 radical (unpaired) electrons. The lowest BCUT2D eigenvalue weighted by Crippen LogP contribution is -2.45. The fraction of sp³-hybridized carbons (Fsp3) is 0.286. The van der Waals surface area contributed by atoms with Crippen LogP contribution in [-0.4, -0.2) is 41.5 Å². The molecule has 2 heterocycles.